The van der Waals surface area contributed by atoms with E-state index in [-0.39, 0.29) is 35.3 Å². The molecule has 8 nitrogen and oxygen atoms in total. The molecule has 116 valence electrons. The van der Waals surface area contributed by atoms with E-state index in [1.54, 1.807) is 0 Å². The van der Waals surface area contributed by atoms with Crippen LogP contribution in [0, 0.1) is 10.1 Å². The van der Waals surface area contributed by atoms with Crippen molar-refractivity contribution in [3.8, 4) is 11.5 Å². The lowest BCUT2D eigenvalue weighted by Gasteiger charge is -2.12. The molecular formula is C13H18N2O6. The van der Waals surface area contributed by atoms with E-state index in [1.807, 2.05) is 6.92 Å². The largest absolute Gasteiger partial charge is 0.493 e. The van der Waals surface area contributed by atoms with E-state index in [9.17, 15) is 14.9 Å². The molecule has 0 saturated heterocycles. The van der Waals surface area contributed by atoms with Crippen molar-refractivity contribution in [2.75, 3.05) is 20.3 Å². The van der Waals surface area contributed by atoms with Crippen LogP contribution in [-0.2, 0) is 11.4 Å². The van der Waals surface area contributed by atoms with Gasteiger partial charge in [0, 0.05) is 6.54 Å². The summed E-state index contributed by atoms with van der Waals surface area (Å²) in [5.74, 6) is -0.0335. The molecule has 0 aliphatic carbocycles. The number of nitro benzene ring substituents is 1. The molecule has 0 spiro atoms. The maximum Gasteiger partial charge on any atom is 0.278 e. The minimum absolute atomic E-state index is 0.0769. The molecular weight excluding hydrogens is 280 g/mol. The molecule has 0 aliphatic heterocycles. The van der Waals surface area contributed by atoms with Crippen LogP contribution in [0.5, 0.6) is 11.5 Å². The number of methoxy groups -OCH3 is 1. The van der Waals surface area contributed by atoms with Gasteiger partial charge in [-0.2, -0.15) is 0 Å². The van der Waals surface area contributed by atoms with Crippen molar-refractivity contribution in [2.45, 2.75) is 20.0 Å². The van der Waals surface area contributed by atoms with E-state index >= 15 is 0 Å². The lowest BCUT2D eigenvalue weighted by molar-refractivity contribution is -0.385. The van der Waals surface area contributed by atoms with Gasteiger partial charge in [-0.1, -0.05) is 6.92 Å². The van der Waals surface area contributed by atoms with Gasteiger partial charge in [-0.15, -0.1) is 0 Å². The van der Waals surface area contributed by atoms with E-state index in [2.05, 4.69) is 5.32 Å². The zero-order valence-corrected chi connectivity index (χ0v) is 11.9. The van der Waals surface area contributed by atoms with Crippen molar-refractivity contribution in [2.24, 2.45) is 0 Å². The fourth-order valence-corrected chi connectivity index (χ4v) is 1.62. The van der Waals surface area contributed by atoms with E-state index in [0.717, 1.165) is 12.5 Å². The molecule has 0 aromatic heterocycles. The first kappa shape index (κ1) is 16.7. The number of aliphatic hydroxyl groups is 1. The zero-order valence-electron chi connectivity index (χ0n) is 11.9. The number of aliphatic hydroxyl groups excluding tert-OH is 1. The van der Waals surface area contributed by atoms with E-state index in [1.165, 1.54) is 13.2 Å². The summed E-state index contributed by atoms with van der Waals surface area (Å²) >= 11 is 0. The molecule has 1 aromatic rings. The standard InChI is InChI=1S/C13H18N2O6/c1-3-4-14-13(17)8-21-12-6-10(15(18)19)9(7-16)5-11(12)20-2/h5-6,16H,3-4,7-8H2,1-2H3,(H,14,17). The summed E-state index contributed by atoms with van der Waals surface area (Å²) in [6.07, 6.45) is 0.797. The van der Waals surface area contributed by atoms with Crippen LogP contribution in [0.3, 0.4) is 0 Å². The van der Waals surface area contributed by atoms with Crippen molar-refractivity contribution in [1.82, 2.24) is 5.32 Å². The maximum absolute atomic E-state index is 11.5. The van der Waals surface area contributed by atoms with Crippen LogP contribution < -0.4 is 14.8 Å². The zero-order chi connectivity index (χ0) is 15.8. The first-order valence-corrected chi connectivity index (χ1v) is 6.39. The van der Waals surface area contributed by atoms with Crippen LogP contribution in [0.2, 0.25) is 0 Å². The van der Waals surface area contributed by atoms with Crippen LogP contribution in [0.25, 0.3) is 0 Å². The number of nitrogens with zero attached hydrogens (tertiary/aromatic N) is 1. The molecule has 1 aromatic carbocycles. The second-order valence-electron chi connectivity index (χ2n) is 4.19. The summed E-state index contributed by atoms with van der Waals surface area (Å²) in [6, 6.07) is 2.45. The monoisotopic (exact) mass is 298 g/mol. The van der Waals surface area contributed by atoms with Crippen molar-refractivity contribution in [3.63, 3.8) is 0 Å². The molecule has 0 atom stereocenters. The van der Waals surface area contributed by atoms with Gasteiger partial charge < -0.3 is 19.9 Å². The molecule has 0 saturated carbocycles. The van der Waals surface area contributed by atoms with Gasteiger partial charge in [0.1, 0.15) is 0 Å². The molecule has 0 unspecified atom stereocenters. The number of rotatable bonds is 8. The highest BCUT2D eigenvalue weighted by molar-refractivity contribution is 5.77. The predicted molar refractivity (Wildman–Crippen MR) is 74.4 cm³/mol. The first-order chi connectivity index (χ1) is 10.0. The van der Waals surface area contributed by atoms with Gasteiger partial charge in [-0.3, -0.25) is 14.9 Å². The lowest BCUT2D eigenvalue weighted by Crippen LogP contribution is -2.29. The molecule has 2 N–H and O–H groups in total. The summed E-state index contributed by atoms with van der Waals surface area (Å²) in [5, 5.41) is 22.7. The number of nitro groups is 1. The topological polar surface area (TPSA) is 111 Å². The van der Waals surface area contributed by atoms with Gasteiger partial charge >= 0.3 is 0 Å². The second kappa shape index (κ2) is 8.05. The number of hydrogen-bond acceptors (Lipinski definition) is 6. The molecule has 1 rings (SSSR count). The summed E-state index contributed by atoms with van der Waals surface area (Å²) < 4.78 is 10.3. The Morgan fingerprint density at radius 3 is 2.67 bits per heavy atom. The molecule has 0 fully saturated rings. The van der Waals surface area contributed by atoms with Crippen LogP contribution in [-0.4, -0.2) is 36.2 Å². The maximum atomic E-state index is 11.5. The number of carbonyl (C=O) groups excluding carboxylic acids is 1. The Morgan fingerprint density at radius 1 is 1.43 bits per heavy atom. The summed E-state index contributed by atoms with van der Waals surface area (Å²) in [5.41, 5.74) is -0.179. The molecule has 1 amide bonds. The van der Waals surface area contributed by atoms with E-state index < -0.39 is 11.5 Å². The van der Waals surface area contributed by atoms with Crippen LogP contribution >= 0.6 is 0 Å². The van der Waals surface area contributed by atoms with Gasteiger partial charge in [0.05, 0.1) is 30.3 Å². The lowest BCUT2D eigenvalue weighted by atomic mass is 10.1. The highest BCUT2D eigenvalue weighted by Crippen LogP contribution is 2.34. The van der Waals surface area contributed by atoms with Gasteiger partial charge in [-0.25, -0.2) is 0 Å². The number of benzene rings is 1. The van der Waals surface area contributed by atoms with Crippen LogP contribution in [0.1, 0.15) is 18.9 Å². The van der Waals surface area contributed by atoms with Crippen LogP contribution in [0.4, 0.5) is 5.69 Å². The molecule has 8 heteroatoms. The highest BCUT2D eigenvalue weighted by atomic mass is 16.6. The van der Waals surface area contributed by atoms with Gasteiger partial charge in [0.2, 0.25) is 0 Å². The van der Waals surface area contributed by atoms with Gasteiger partial charge in [0.15, 0.2) is 18.1 Å². The van der Waals surface area contributed by atoms with E-state index in [4.69, 9.17) is 14.6 Å². The van der Waals surface area contributed by atoms with Gasteiger partial charge in [-0.05, 0) is 12.5 Å². The minimum atomic E-state index is -0.630. The quantitative estimate of drug-likeness (QED) is 0.547. The number of amides is 1. The van der Waals surface area contributed by atoms with Gasteiger partial charge in [0.25, 0.3) is 11.6 Å². The Balaban J connectivity index is 2.92. The number of ether oxygens (including phenoxy) is 2. The van der Waals surface area contributed by atoms with Crippen molar-refractivity contribution >= 4 is 11.6 Å². The molecule has 0 radical (unpaired) electrons. The normalized spacial score (nSPS) is 10.0. The Morgan fingerprint density at radius 2 is 2.14 bits per heavy atom. The molecule has 0 heterocycles. The van der Waals surface area contributed by atoms with Crippen molar-refractivity contribution in [1.29, 1.82) is 0 Å². The number of nitrogens with one attached hydrogen (secondary N) is 1. The van der Waals surface area contributed by atoms with Crippen molar-refractivity contribution < 1.29 is 24.3 Å². The molecule has 0 aliphatic rings. The third kappa shape index (κ3) is 4.60. The Hall–Kier alpha value is -2.35. The first-order valence-electron chi connectivity index (χ1n) is 6.39. The van der Waals surface area contributed by atoms with Crippen LogP contribution in [0.15, 0.2) is 12.1 Å². The minimum Gasteiger partial charge on any atom is -0.493 e. The predicted octanol–water partition coefficient (Wildman–Crippen LogP) is 1.00. The summed E-state index contributed by atoms with van der Waals surface area (Å²) in [6.45, 7) is 1.68. The van der Waals surface area contributed by atoms with E-state index in [0.29, 0.717) is 6.54 Å². The SMILES string of the molecule is CCCNC(=O)COc1cc([N+](=O)[O-])c(CO)cc1OC. The third-order valence-corrected chi connectivity index (χ3v) is 2.66. The number of carbonyl (C=O) groups is 1. The molecule has 0 bridgehead atoms. The smallest absolute Gasteiger partial charge is 0.278 e. The fourth-order valence-electron chi connectivity index (χ4n) is 1.62. The second-order valence-corrected chi connectivity index (χ2v) is 4.19. The van der Waals surface area contributed by atoms with Crippen molar-refractivity contribution in [3.05, 3.63) is 27.8 Å². The summed E-state index contributed by atoms with van der Waals surface area (Å²) in [7, 11) is 1.37. The fraction of sp³-hybridized carbons (Fsp3) is 0.462. The Kier molecular flexibility index (Phi) is 6.41. The number of hydrogen-bond donors (Lipinski definition) is 2. The Bertz CT molecular complexity index is 518. The highest BCUT2D eigenvalue weighted by Gasteiger charge is 2.19. The summed E-state index contributed by atoms with van der Waals surface area (Å²) in [4.78, 5) is 21.8. The Labute approximate surface area is 121 Å². The third-order valence-electron chi connectivity index (χ3n) is 2.66. The molecule has 21 heavy (non-hydrogen) atoms. The average molecular weight is 298 g/mol. The average Bonchev–Trinajstić information content (AvgIpc) is 2.49.